The molecule has 0 aromatic carbocycles. The van der Waals surface area contributed by atoms with Crippen LogP contribution in [0.5, 0.6) is 0 Å². The van der Waals surface area contributed by atoms with E-state index in [-0.39, 0.29) is 18.3 Å². The van der Waals surface area contributed by atoms with Crippen molar-refractivity contribution in [2.24, 2.45) is 17.4 Å². The van der Waals surface area contributed by atoms with Crippen LogP contribution in [-0.2, 0) is 9.59 Å². The van der Waals surface area contributed by atoms with Crippen molar-refractivity contribution in [3.63, 3.8) is 0 Å². The lowest BCUT2D eigenvalue weighted by Crippen LogP contribution is -2.50. The van der Waals surface area contributed by atoms with E-state index in [1.807, 2.05) is 13.8 Å². The minimum absolute atomic E-state index is 0. The smallest absolute Gasteiger partial charge is 0.240 e. The molecule has 1 fully saturated rings. The van der Waals surface area contributed by atoms with Gasteiger partial charge in [-0.2, -0.15) is 0 Å². The van der Waals surface area contributed by atoms with Gasteiger partial charge < -0.3 is 16.4 Å². The van der Waals surface area contributed by atoms with Crippen LogP contribution in [-0.4, -0.2) is 35.3 Å². The SMILES string of the molecule is CC(C)C[C@@H](N)C(=O)N1CCC[C@H]1C(N)=O.Cl. The summed E-state index contributed by atoms with van der Waals surface area (Å²) in [6, 6.07) is -0.967. The number of primary amides is 1. The third-order valence-electron chi connectivity index (χ3n) is 2.91. The molecule has 0 bridgehead atoms. The molecular weight excluding hydrogens is 242 g/mol. The van der Waals surface area contributed by atoms with Crippen molar-refractivity contribution in [3.05, 3.63) is 0 Å². The largest absolute Gasteiger partial charge is 0.368 e. The third-order valence-corrected chi connectivity index (χ3v) is 2.91. The van der Waals surface area contributed by atoms with Crippen molar-refractivity contribution in [2.75, 3.05) is 6.54 Å². The minimum atomic E-state index is -0.514. The number of likely N-dealkylation sites (tertiary alicyclic amines) is 1. The van der Waals surface area contributed by atoms with Crippen LogP contribution >= 0.6 is 12.4 Å². The second-order valence-electron chi connectivity index (χ2n) is 4.83. The fourth-order valence-electron chi connectivity index (χ4n) is 2.15. The van der Waals surface area contributed by atoms with Crippen molar-refractivity contribution in [1.82, 2.24) is 4.90 Å². The second-order valence-corrected chi connectivity index (χ2v) is 4.83. The highest BCUT2D eigenvalue weighted by Gasteiger charge is 2.34. The summed E-state index contributed by atoms with van der Waals surface area (Å²) in [6.45, 7) is 4.63. The summed E-state index contributed by atoms with van der Waals surface area (Å²) in [4.78, 5) is 24.7. The topological polar surface area (TPSA) is 89.4 Å². The van der Waals surface area contributed by atoms with Crippen molar-refractivity contribution in [3.8, 4) is 0 Å². The maximum Gasteiger partial charge on any atom is 0.240 e. The Morgan fingerprint density at radius 1 is 1.41 bits per heavy atom. The van der Waals surface area contributed by atoms with E-state index in [9.17, 15) is 9.59 Å². The van der Waals surface area contributed by atoms with E-state index in [0.29, 0.717) is 25.3 Å². The molecule has 2 atom stereocenters. The fraction of sp³-hybridized carbons (Fsp3) is 0.818. The van der Waals surface area contributed by atoms with Crippen LogP contribution in [0.15, 0.2) is 0 Å². The molecule has 1 aliphatic rings. The summed E-state index contributed by atoms with van der Waals surface area (Å²) in [7, 11) is 0. The average Bonchev–Trinajstić information content (AvgIpc) is 2.63. The maximum atomic E-state index is 12.0. The van der Waals surface area contributed by atoms with Gasteiger partial charge in [0.25, 0.3) is 0 Å². The van der Waals surface area contributed by atoms with E-state index >= 15 is 0 Å². The van der Waals surface area contributed by atoms with Gasteiger partial charge in [-0.15, -0.1) is 12.4 Å². The minimum Gasteiger partial charge on any atom is -0.368 e. The van der Waals surface area contributed by atoms with E-state index in [4.69, 9.17) is 11.5 Å². The van der Waals surface area contributed by atoms with Crippen molar-refractivity contribution < 1.29 is 9.59 Å². The molecule has 0 unspecified atom stereocenters. The Morgan fingerprint density at radius 2 is 2.00 bits per heavy atom. The zero-order valence-electron chi connectivity index (χ0n) is 10.4. The molecule has 0 radical (unpaired) electrons. The van der Waals surface area contributed by atoms with Crippen LogP contribution in [0.2, 0.25) is 0 Å². The molecule has 1 saturated heterocycles. The summed E-state index contributed by atoms with van der Waals surface area (Å²) < 4.78 is 0. The van der Waals surface area contributed by atoms with Crippen LogP contribution in [0, 0.1) is 5.92 Å². The maximum absolute atomic E-state index is 12.0. The Kier molecular flexibility index (Phi) is 6.49. The van der Waals surface area contributed by atoms with Crippen LogP contribution < -0.4 is 11.5 Å². The fourth-order valence-corrected chi connectivity index (χ4v) is 2.15. The first-order valence-corrected chi connectivity index (χ1v) is 5.79. The van der Waals surface area contributed by atoms with Gasteiger partial charge in [-0.25, -0.2) is 0 Å². The highest BCUT2D eigenvalue weighted by atomic mass is 35.5. The summed E-state index contributed by atoms with van der Waals surface area (Å²) in [6.07, 6.45) is 2.13. The molecule has 2 amide bonds. The van der Waals surface area contributed by atoms with Gasteiger partial charge in [0.1, 0.15) is 6.04 Å². The molecule has 0 saturated carbocycles. The number of nitrogens with zero attached hydrogens (tertiary/aromatic N) is 1. The molecule has 5 nitrogen and oxygen atoms in total. The second kappa shape index (κ2) is 6.81. The van der Waals surface area contributed by atoms with Crippen LogP contribution in [0.25, 0.3) is 0 Å². The summed E-state index contributed by atoms with van der Waals surface area (Å²) in [5.74, 6) is -0.203. The summed E-state index contributed by atoms with van der Waals surface area (Å²) in [5, 5.41) is 0. The van der Waals surface area contributed by atoms with Crippen molar-refractivity contribution in [1.29, 1.82) is 0 Å². The first-order valence-electron chi connectivity index (χ1n) is 5.79. The normalized spacial score (nSPS) is 21.2. The van der Waals surface area contributed by atoms with Gasteiger partial charge >= 0.3 is 0 Å². The van der Waals surface area contributed by atoms with Gasteiger partial charge in [0, 0.05) is 6.54 Å². The van der Waals surface area contributed by atoms with Gasteiger partial charge in [-0.05, 0) is 25.2 Å². The quantitative estimate of drug-likeness (QED) is 0.762. The molecule has 100 valence electrons. The number of halogens is 1. The average molecular weight is 264 g/mol. The molecule has 17 heavy (non-hydrogen) atoms. The molecule has 0 aromatic rings. The predicted molar refractivity (Wildman–Crippen MR) is 68.6 cm³/mol. The zero-order valence-corrected chi connectivity index (χ0v) is 11.2. The molecule has 4 N–H and O–H groups in total. The van der Waals surface area contributed by atoms with Gasteiger partial charge in [0.2, 0.25) is 11.8 Å². The number of hydrogen-bond acceptors (Lipinski definition) is 3. The Hall–Kier alpha value is -0.810. The van der Waals surface area contributed by atoms with Crippen LogP contribution in [0.3, 0.4) is 0 Å². The Labute approximate surface area is 108 Å². The first kappa shape index (κ1) is 16.2. The monoisotopic (exact) mass is 263 g/mol. The van der Waals surface area contributed by atoms with Gasteiger partial charge in [-0.1, -0.05) is 13.8 Å². The Bertz CT molecular complexity index is 284. The van der Waals surface area contributed by atoms with E-state index in [1.54, 1.807) is 0 Å². The Morgan fingerprint density at radius 3 is 2.47 bits per heavy atom. The van der Waals surface area contributed by atoms with Crippen LogP contribution in [0.4, 0.5) is 0 Å². The van der Waals surface area contributed by atoms with E-state index in [0.717, 1.165) is 6.42 Å². The summed E-state index contributed by atoms with van der Waals surface area (Å²) >= 11 is 0. The predicted octanol–water partition coefficient (Wildman–Crippen LogP) is 0.258. The van der Waals surface area contributed by atoms with Gasteiger partial charge in [0.05, 0.1) is 6.04 Å². The summed E-state index contributed by atoms with van der Waals surface area (Å²) in [5.41, 5.74) is 11.1. The standard InChI is InChI=1S/C11H21N3O2.ClH/c1-7(2)6-8(12)11(16)14-5-3-4-9(14)10(13)15;/h7-9H,3-6,12H2,1-2H3,(H2,13,15);1H/t8-,9+;/m1./s1. The number of hydrogen-bond donors (Lipinski definition) is 2. The molecular formula is C11H22ClN3O2. The van der Waals surface area contributed by atoms with Gasteiger partial charge in [-0.3, -0.25) is 9.59 Å². The van der Waals surface area contributed by atoms with Gasteiger partial charge in [0.15, 0.2) is 0 Å². The van der Waals surface area contributed by atoms with E-state index in [1.165, 1.54) is 4.90 Å². The molecule has 6 heteroatoms. The lowest BCUT2D eigenvalue weighted by molar-refractivity contribution is -0.138. The lowest BCUT2D eigenvalue weighted by atomic mass is 10.0. The number of amides is 2. The van der Waals surface area contributed by atoms with Crippen LogP contribution in [0.1, 0.15) is 33.1 Å². The zero-order chi connectivity index (χ0) is 12.3. The van der Waals surface area contributed by atoms with Crippen molar-refractivity contribution >= 4 is 24.2 Å². The van der Waals surface area contributed by atoms with E-state index < -0.39 is 18.0 Å². The molecule has 0 spiro atoms. The first-order chi connectivity index (χ1) is 7.43. The highest BCUT2D eigenvalue weighted by molar-refractivity contribution is 5.89. The molecule has 1 heterocycles. The molecule has 1 aliphatic heterocycles. The number of carbonyl (C=O) groups excluding carboxylic acids is 2. The highest BCUT2D eigenvalue weighted by Crippen LogP contribution is 2.18. The Balaban J connectivity index is 0.00000256. The third kappa shape index (κ3) is 4.16. The lowest BCUT2D eigenvalue weighted by Gasteiger charge is -2.26. The number of nitrogens with two attached hydrogens (primary N) is 2. The number of rotatable bonds is 4. The molecule has 0 aliphatic carbocycles. The van der Waals surface area contributed by atoms with Crippen molar-refractivity contribution in [2.45, 2.75) is 45.2 Å². The molecule has 1 rings (SSSR count). The molecule has 0 aromatic heterocycles. The number of carbonyl (C=O) groups is 2. The van der Waals surface area contributed by atoms with E-state index in [2.05, 4.69) is 0 Å².